The van der Waals surface area contributed by atoms with Crippen LogP contribution >= 0.6 is 0 Å². The van der Waals surface area contributed by atoms with Gasteiger partial charge in [-0.3, -0.25) is 0 Å². The first kappa shape index (κ1) is 8.44. The maximum Gasteiger partial charge on any atom is 0.435 e. The van der Waals surface area contributed by atoms with Gasteiger partial charge in [0.15, 0.2) is 0 Å². The van der Waals surface area contributed by atoms with Gasteiger partial charge in [0.05, 0.1) is 6.20 Å². The Labute approximate surface area is 65.2 Å². The molecule has 5 nitrogen and oxygen atoms in total. The van der Waals surface area contributed by atoms with E-state index >= 15 is 0 Å². The number of carboxylic acid groups (broad SMARTS) is 1. The molecule has 0 aliphatic rings. The summed E-state index contributed by atoms with van der Waals surface area (Å²) in [5.41, 5.74) is 0. The average Bonchev–Trinajstić information content (AvgIpc) is 2.33. The van der Waals surface area contributed by atoms with Crippen LogP contribution in [0.3, 0.4) is 0 Å². The highest BCUT2D eigenvalue weighted by atomic mass is 19.3. The number of alkyl halides is 2. The fourth-order valence-electron chi connectivity index (χ4n) is 0.615. The number of rotatable bonds is 2. The van der Waals surface area contributed by atoms with Crippen LogP contribution in [-0.4, -0.2) is 27.6 Å². The zero-order valence-corrected chi connectivity index (χ0v) is 5.65. The van der Waals surface area contributed by atoms with Gasteiger partial charge in [-0.05, 0) is 0 Å². The van der Waals surface area contributed by atoms with Crippen LogP contribution in [0.5, 0.6) is 5.88 Å². The molecule has 0 fully saturated rings. The van der Waals surface area contributed by atoms with E-state index in [0.717, 1.165) is 12.3 Å². The van der Waals surface area contributed by atoms with Gasteiger partial charge in [0.25, 0.3) is 0 Å². The monoisotopic (exact) mass is 178 g/mol. The quantitative estimate of drug-likeness (QED) is 0.733. The normalized spacial score (nSPS) is 10.2. The molecule has 1 heterocycles. The van der Waals surface area contributed by atoms with Gasteiger partial charge in [0.2, 0.25) is 5.88 Å². The summed E-state index contributed by atoms with van der Waals surface area (Å²) in [5.74, 6) is -0.502. The summed E-state index contributed by atoms with van der Waals surface area (Å²) in [5, 5.41) is 11.6. The van der Waals surface area contributed by atoms with E-state index in [2.05, 4.69) is 9.84 Å². The van der Waals surface area contributed by atoms with Gasteiger partial charge in [-0.25, -0.2) is 4.79 Å². The Bertz CT molecular complexity index is 286. The number of nitrogens with zero attached hydrogens (tertiary/aromatic N) is 2. The summed E-state index contributed by atoms with van der Waals surface area (Å²) >= 11 is 0. The smallest absolute Gasteiger partial charge is 0.435 e. The van der Waals surface area contributed by atoms with Crippen LogP contribution < -0.4 is 4.74 Å². The lowest BCUT2D eigenvalue weighted by atomic mass is 10.7. The maximum absolute atomic E-state index is 11.6. The van der Waals surface area contributed by atoms with E-state index in [-0.39, 0.29) is 0 Å². The van der Waals surface area contributed by atoms with Gasteiger partial charge in [-0.15, -0.1) is 4.68 Å². The third-order valence-electron chi connectivity index (χ3n) is 0.999. The van der Waals surface area contributed by atoms with Crippen molar-refractivity contribution in [3.63, 3.8) is 0 Å². The molecule has 0 radical (unpaired) electrons. The Morgan fingerprint density at radius 2 is 2.42 bits per heavy atom. The van der Waals surface area contributed by atoms with Crippen LogP contribution in [0.4, 0.5) is 13.6 Å². The first-order valence-electron chi connectivity index (χ1n) is 2.83. The summed E-state index contributed by atoms with van der Waals surface area (Å²) in [6.45, 7) is -3.06. The van der Waals surface area contributed by atoms with Gasteiger partial charge in [0, 0.05) is 6.07 Å². The van der Waals surface area contributed by atoms with Crippen molar-refractivity contribution in [2.45, 2.75) is 6.61 Å². The molecule has 12 heavy (non-hydrogen) atoms. The molecular formula is C5H4F2N2O3. The van der Waals surface area contributed by atoms with Crippen molar-refractivity contribution in [1.29, 1.82) is 0 Å². The predicted octanol–water partition coefficient (Wildman–Crippen LogP) is 1.01. The van der Waals surface area contributed by atoms with Crippen molar-refractivity contribution in [3.05, 3.63) is 12.3 Å². The zero-order chi connectivity index (χ0) is 9.14. The molecule has 7 heteroatoms. The first-order valence-corrected chi connectivity index (χ1v) is 2.83. The second-order valence-corrected chi connectivity index (χ2v) is 1.74. The SMILES string of the molecule is O=C(O)n1nccc1OC(F)F. The molecule has 0 saturated heterocycles. The maximum atomic E-state index is 11.6. The summed E-state index contributed by atoms with van der Waals surface area (Å²) < 4.78 is 27.3. The third kappa shape index (κ3) is 1.68. The van der Waals surface area contributed by atoms with E-state index in [0.29, 0.717) is 4.68 Å². The molecule has 0 saturated carbocycles. The summed E-state index contributed by atoms with van der Waals surface area (Å²) in [6, 6.07) is 1.03. The summed E-state index contributed by atoms with van der Waals surface area (Å²) in [7, 11) is 0. The standard InChI is InChI=1S/C5H4F2N2O3/c6-4(7)12-3-1-2-8-9(3)5(10)11/h1-2,4H,(H,10,11). The fraction of sp³-hybridized carbons (Fsp3) is 0.200. The number of hydrogen-bond donors (Lipinski definition) is 1. The van der Waals surface area contributed by atoms with Crippen LogP contribution in [0.1, 0.15) is 0 Å². The first-order chi connectivity index (χ1) is 5.61. The van der Waals surface area contributed by atoms with Crippen LogP contribution in [0.25, 0.3) is 0 Å². The lowest BCUT2D eigenvalue weighted by Gasteiger charge is -2.02. The highest BCUT2D eigenvalue weighted by molar-refractivity contribution is 5.68. The average molecular weight is 178 g/mol. The summed E-state index contributed by atoms with van der Waals surface area (Å²) in [6.07, 6.45) is -0.429. The highest BCUT2D eigenvalue weighted by Crippen LogP contribution is 2.11. The number of ether oxygens (including phenoxy) is 1. The molecule has 1 N–H and O–H groups in total. The molecule has 1 rings (SSSR count). The molecule has 0 aliphatic heterocycles. The van der Waals surface area contributed by atoms with Gasteiger partial charge < -0.3 is 9.84 Å². The van der Waals surface area contributed by atoms with E-state index in [1.165, 1.54) is 0 Å². The van der Waals surface area contributed by atoms with E-state index in [4.69, 9.17) is 5.11 Å². The minimum atomic E-state index is -3.06. The van der Waals surface area contributed by atoms with Crippen molar-refractivity contribution in [1.82, 2.24) is 9.78 Å². The number of aromatic nitrogens is 2. The van der Waals surface area contributed by atoms with E-state index < -0.39 is 18.6 Å². The second kappa shape index (κ2) is 3.16. The largest absolute Gasteiger partial charge is 0.463 e. The Morgan fingerprint density at radius 1 is 1.75 bits per heavy atom. The Balaban J connectivity index is 2.84. The number of carbonyl (C=O) groups is 1. The van der Waals surface area contributed by atoms with E-state index in [1.54, 1.807) is 0 Å². The topological polar surface area (TPSA) is 64.3 Å². The van der Waals surface area contributed by atoms with Gasteiger partial charge in [-0.2, -0.15) is 13.9 Å². The van der Waals surface area contributed by atoms with Crippen molar-refractivity contribution >= 4 is 6.09 Å². The molecule has 0 aliphatic carbocycles. The zero-order valence-electron chi connectivity index (χ0n) is 5.65. The van der Waals surface area contributed by atoms with Crippen LogP contribution in [0.2, 0.25) is 0 Å². The predicted molar refractivity (Wildman–Crippen MR) is 32.3 cm³/mol. The number of hydrogen-bond acceptors (Lipinski definition) is 3. The van der Waals surface area contributed by atoms with Crippen LogP contribution in [-0.2, 0) is 0 Å². The molecule has 66 valence electrons. The van der Waals surface area contributed by atoms with E-state index in [1.807, 2.05) is 0 Å². The fourth-order valence-corrected chi connectivity index (χ4v) is 0.615. The number of halogens is 2. The van der Waals surface area contributed by atoms with Crippen molar-refractivity contribution < 1.29 is 23.4 Å². The molecule has 0 atom stereocenters. The van der Waals surface area contributed by atoms with Crippen molar-refractivity contribution in [2.24, 2.45) is 0 Å². The minimum Gasteiger partial charge on any atom is -0.463 e. The van der Waals surface area contributed by atoms with Crippen molar-refractivity contribution in [2.75, 3.05) is 0 Å². The molecule has 0 amide bonds. The molecule has 0 unspecified atom stereocenters. The van der Waals surface area contributed by atoms with Gasteiger partial charge in [-0.1, -0.05) is 0 Å². The molecule has 0 spiro atoms. The Morgan fingerprint density at radius 3 is 2.92 bits per heavy atom. The molecule has 0 bridgehead atoms. The Hall–Kier alpha value is -1.66. The molecule has 1 aromatic heterocycles. The van der Waals surface area contributed by atoms with E-state index in [9.17, 15) is 13.6 Å². The summed E-state index contributed by atoms with van der Waals surface area (Å²) in [4.78, 5) is 10.2. The second-order valence-electron chi connectivity index (χ2n) is 1.74. The van der Waals surface area contributed by atoms with Crippen molar-refractivity contribution in [3.8, 4) is 5.88 Å². The van der Waals surface area contributed by atoms with Gasteiger partial charge >= 0.3 is 12.7 Å². The van der Waals surface area contributed by atoms with Crippen LogP contribution in [0.15, 0.2) is 12.3 Å². The van der Waals surface area contributed by atoms with Crippen LogP contribution in [0, 0.1) is 0 Å². The Kier molecular flexibility index (Phi) is 2.22. The molecule has 0 aromatic carbocycles. The highest BCUT2D eigenvalue weighted by Gasteiger charge is 2.13. The lowest BCUT2D eigenvalue weighted by Crippen LogP contribution is -2.14. The lowest BCUT2D eigenvalue weighted by molar-refractivity contribution is -0.0548. The molecule has 1 aromatic rings. The third-order valence-corrected chi connectivity index (χ3v) is 0.999. The minimum absolute atomic E-state index is 0.312. The molecular weight excluding hydrogens is 174 g/mol. The van der Waals surface area contributed by atoms with Gasteiger partial charge in [0.1, 0.15) is 0 Å².